The highest BCUT2D eigenvalue weighted by Gasteiger charge is 2.34. The van der Waals surface area contributed by atoms with Crippen molar-refractivity contribution >= 4 is 11.9 Å². The van der Waals surface area contributed by atoms with Crippen LogP contribution in [-0.2, 0) is 19.1 Å². The summed E-state index contributed by atoms with van der Waals surface area (Å²) in [4.78, 5) is 27.3. The first-order valence-electron chi connectivity index (χ1n) is 30.8. The summed E-state index contributed by atoms with van der Waals surface area (Å²) in [5.74, 6) is 0.110. The molecule has 0 rings (SSSR count). The minimum atomic E-state index is -0.264. The molecule has 4 heteroatoms. The maximum Gasteiger partial charge on any atom is 0.306 e. The SMILES string of the molecule is CCCCCCCCCC(CCCCCCCC)(CCCCCCCC)OC(=O)CCCCCCCCC(=O)OC(CCCCCCCC)(CCCCCCCC)CCCCCCCCC. The van der Waals surface area contributed by atoms with Gasteiger partial charge >= 0.3 is 11.9 Å². The lowest BCUT2D eigenvalue weighted by atomic mass is 9.84. The summed E-state index contributed by atoms with van der Waals surface area (Å²) >= 11 is 0. The summed E-state index contributed by atoms with van der Waals surface area (Å²) < 4.78 is 13.4. The van der Waals surface area contributed by atoms with E-state index >= 15 is 0 Å². The Morgan fingerprint density at radius 1 is 0.227 bits per heavy atom. The summed E-state index contributed by atoms with van der Waals surface area (Å²) in [6.07, 6.45) is 62.8. The predicted molar refractivity (Wildman–Crippen MR) is 292 cm³/mol. The molecule has 0 aromatic heterocycles. The van der Waals surface area contributed by atoms with Crippen LogP contribution in [0.5, 0.6) is 0 Å². The monoisotopic (exact) mass is 931 g/mol. The van der Waals surface area contributed by atoms with Gasteiger partial charge in [0.1, 0.15) is 11.2 Å². The van der Waals surface area contributed by atoms with Crippen molar-refractivity contribution in [2.75, 3.05) is 0 Å². The molecule has 0 fully saturated rings. The van der Waals surface area contributed by atoms with E-state index in [1.165, 1.54) is 244 Å². The van der Waals surface area contributed by atoms with Gasteiger partial charge in [-0.05, 0) is 89.9 Å². The third-order valence-corrected chi connectivity index (χ3v) is 15.1. The molecule has 0 aliphatic rings. The zero-order chi connectivity index (χ0) is 48.3. The van der Waals surface area contributed by atoms with Crippen molar-refractivity contribution in [2.45, 2.75) is 387 Å². The number of hydrogen-bond acceptors (Lipinski definition) is 4. The third-order valence-electron chi connectivity index (χ3n) is 15.1. The zero-order valence-electron chi connectivity index (χ0n) is 46.4. The van der Waals surface area contributed by atoms with E-state index in [1.807, 2.05) is 0 Å². The number of unbranched alkanes of at least 4 members (excludes halogenated alkanes) is 37. The molecule has 0 aromatic rings. The van der Waals surface area contributed by atoms with Gasteiger partial charge in [-0.25, -0.2) is 0 Å². The molecule has 4 nitrogen and oxygen atoms in total. The number of esters is 2. The Kier molecular flexibility index (Phi) is 49.5. The van der Waals surface area contributed by atoms with Crippen LogP contribution < -0.4 is 0 Å². The molecular formula is C62H122O4. The number of carbonyl (C=O) groups is 2. The Morgan fingerprint density at radius 3 is 0.561 bits per heavy atom. The number of hydrogen-bond donors (Lipinski definition) is 0. The summed E-state index contributed by atoms with van der Waals surface area (Å²) in [6.45, 7) is 13.8. The van der Waals surface area contributed by atoms with Crippen molar-refractivity contribution in [3.63, 3.8) is 0 Å². The normalized spacial score (nSPS) is 12.0. The Bertz CT molecular complexity index is 880. The van der Waals surface area contributed by atoms with Crippen molar-refractivity contribution in [3.05, 3.63) is 0 Å². The molecule has 66 heavy (non-hydrogen) atoms. The Balaban J connectivity index is 5.28. The molecule has 0 aliphatic carbocycles. The van der Waals surface area contributed by atoms with E-state index in [0.29, 0.717) is 12.8 Å². The minimum Gasteiger partial charge on any atom is -0.459 e. The molecule has 0 bridgehead atoms. The summed E-state index contributed by atoms with van der Waals surface area (Å²) in [6, 6.07) is 0. The highest BCUT2D eigenvalue weighted by atomic mass is 16.6. The number of carbonyl (C=O) groups excluding carboxylic acids is 2. The van der Waals surface area contributed by atoms with E-state index in [9.17, 15) is 9.59 Å². The zero-order valence-corrected chi connectivity index (χ0v) is 46.4. The fourth-order valence-electron chi connectivity index (χ4n) is 10.6. The van der Waals surface area contributed by atoms with Crippen LogP contribution in [0.25, 0.3) is 0 Å². The van der Waals surface area contributed by atoms with Crippen molar-refractivity contribution in [1.82, 2.24) is 0 Å². The van der Waals surface area contributed by atoms with Gasteiger partial charge < -0.3 is 9.47 Å². The van der Waals surface area contributed by atoms with Crippen molar-refractivity contribution in [2.24, 2.45) is 0 Å². The molecule has 0 spiro atoms. The van der Waals surface area contributed by atoms with E-state index in [-0.39, 0.29) is 23.1 Å². The second kappa shape index (κ2) is 50.3. The quantitative estimate of drug-likeness (QED) is 0.0450. The van der Waals surface area contributed by atoms with Crippen LogP contribution in [-0.4, -0.2) is 23.1 Å². The predicted octanol–water partition coefficient (Wildman–Crippen LogP) is 22.0. The van der Waals surface area contributed by atoms with Gasteiger partial charge in [-0.3, -0.25) is 9.59 Å². The number of ether oxygens (including phenoxy) is 2. The van der Waals surface area contributed by atoms with Crippen LogP contribution >= 0.6 is 0 Å². The second-order valence-corrected chi connectivity index (χ2v) is 21.7. The molecule has 0 amide bonds. The van der Waals surface area contributed by atoms with Gasteiger partial charge in [0.25, 0.3) is 0 Å². The van der Waals surface area contributed by atoms with E-state index in [1.54, 1.807) is 0 Å². The summed E-state index contributed by atoms with van der Waals surface area (Å²) in [5, 5.41) is 0. The largest absolute Gasteiger partial charge is 0.459 e. The Labute approximate surface area is 416 Å². The van der Waals surface area contributed by atoms with Crippen LogP contribution in [0.4, 0.5) is 0 Å². The second-order valence-electron chi connectivity index (χ2n) is 21.7. The van der Waals surface area contributed by atoms with Crippen molar-refractivity contribution < 1.29 is 19.1 Å². The average molecular weight is 932 g/mol. The van der Waals surface area contributed by atoms with Gasteiger partial charge in [0.15, 0.2) is 0 Å². The highest BCUT2D eigenvalue weighted by molar-refractivity contribution is 5.70. The lowest BCUT2D eigenvalue weighted by molar-refractivity contribution is -0.164. The molecule has 0 aromatic carbocycles. The molecule has 394 valence electrons. The standard InChI is InChI=1S/C62H122O4/c1-7-13-19-25-33-41-49-57-61(53-45-37-27-21-15-9-3,54-46-38-28-22-16-10-4)65-59(63)51-43-35-31-32-36-44-52-60(64)66-62(55-47-39-29-23-17-11-5,56-48-40-30-24-18-12-6)58-50-42-34-26-20-14-8-2/h7-58H2,1-6H3. The number of rotatable bonds is 55. The molecular weight excluding hydrogens is 809 g/mol. The minimum absolute atomic E-state index is 0.0551. The van der Waals surface area contributed by atoms with E-state index in [4.69, 9.17) is 9.47 Å². The lowest BCUT2D eigenvalue weighted by Crippen LogP contribution is -2.35. The van der Waals surface area contributed by atoms with Crippen LogP contribution in [0, 0.1) is 0 Å². The lowest BCUT2D eigenvalue weighted by Gasteiger charge is -2.34. The van der Waals surface area contributed by atoms with Crippen LogP contribution in [0.2, 0.25) is 0 Å². The average Bonchev–Trinajstić information content (AvgIpc) is 3.31. The fourth-order valence-corrected chi connectivity index (χ4v) is 10.6. The Hall–Kier alpha value is -1.06. The Morgan fingerprint density at radius 2 is 0.379 bits per heavy atom. The summed E-state index contributed by atoms with van der Waals surface area (Å²) in [7, 11) is 0. The van der Waals surface area contributed by atoms with Gasteiger partial charge in [-0.15, -0.1) is 0 Å². The van der Waals surface area contributed by atoms with Gasteiger partial charge in [0.2, 0.25) is 0 Å². The van der Waals surface area contributed by atoms with Crippen molar-refractivity contribution in [3.8, 4) is 0 Å². The summed E-state index contributed by atoms with van der Waals surface area (Å²) in [5.41, 5.74) is -0.528. The molecule has 0 atom stereocenters. The molecule has 0 radical (unpaired) electrons. The van der Waals surface area contributed by atoms with E-state index in [0.717, 1.165) is 77.0 Å². The topological polar surface area (TPSA) is 52.6 Å². The first kappa shape index (κ1) is 64.9. The smallest absolute Gasteiger partial charge is 0.306 e. The highest BCUT2D eigenvalue weighted by Crippen LogP contribution is 2.36. The van der Waals surface area contributed by atoms with Crippen LogP contribution in [0.3, 0.4) is 0 Å². The molecule has 0 saturated carbocycles. The first-order valence-corrected chi connectivity index (χ1v) is 30.8. The maximum atomic E-state index is 13.7. The molecule has 0 heterocycles. The molecule has 0 unspecified atom stereocenters. The van der Waals surface area contributed by atoms with E-state index < -0.39 is 0 Å². The van der Waals surface area contributed by atoms with Gasteiger partial charge in [0.05, 0.1) is 0 Å². The van der Waals surface area contributed by atoms with Gasteiger partial charge in [-0.1, -0.05) is 273 Å². The molecule has 0 aliphatic heterocycles. The van der Waals surface area contributed by atoms with Gasteiger partial charge in [-0.2, -0.15) is 0 Å². The maximum absolute atomic E-state index is 13.7. The van der Waals surface area contributed by atoms with Crippen molar-refractivity contribution in [1.29, 1.82) is 0 Å². The fraction of sp³-hybridized carbons (Fsp3) is 0.968. The van der Waals surface area contributed by atoms with Gasteiger partial charge in [0, 0.05) is 12.8 Å². The van der Waals surface area contributed by atoms with E-state index in [2.05, 4.69) is 41.5 Å². The first-order chi connectivity index (χ1) is 32.4. The van der Waals surface area contributed by atoms with Crippen LogP contribution in [0.15, 0.2) is 0 Å². The van der Waals surface area contributed by atoms with Crippen LogP contribution in [0.1, 0.15) is 375 Å². The molecule has 0 saturated heterocycles. The molecule has 0 N–H and O–H groups in total. The third kappa shape index (κ3) is 41.9.